The van der Waals surface area contributed by atoms with Crippen molar-refractivity contribution in [2.75, 3.05) is 68.6 Å². The summed E-state index contributed by atoms with van der Waals surface area (Å²) in [5, 5.41) is 0.665. The van der Waals surface area contributed by atoms with E-state index < -0.39 is 0 Å². The van der Waals surface area contributed by atoms with E-state index in [4.69, 9.17) is 33.9 Å². The molecule has 4 rings (SSSR count). The van der Waals surface area contributed by atoms with Gasteiger partial charge in [-0.15, -0.1) is 0 Å². The van der Waals surface area contributed by atoms with Gasteiger partial charge >= 0.3 is 0 Å². The van der Waals surface area contributed by atoms with Gasteiger partial charge in [0, 0.05) is 60.7 Å². The highest BCUT2D eigenvalue weighted by molar-refractivity contribution is 7.80. The number of rotatable bonds is 8. The van der Waals surface area contributed by atoms with E-state index in [1.54, 1.807) is 14.2 Å². The second-order valence-electron chi connectivity index (χ2n) is 12.0. The van der Waals surface area contributed by atoms with Crippen LogP contribution >= 0.6 is 24.4 Å². The van der Waals surface area contributed by atoms with Gasteiger partial charge in [-0.2, -0.15) is 0 Å². The summed E-state index contributed by atoms with van der Waals surface area (Å²) >= 11 is 10.5. The maximum atomic E-state index is 12.7. The molecular formula is C34H54N6O6S2. The molecule has 2 aliphatic heterocycles. The van der Waals surface area contributed by atoms with E-state index in [1.165, 1.54) is 19.6 Å². The van der Waals surface area contributed by atoms with Gasteiger partial charge in [0.1, 0.15) is 11.1 Å². The van der Waals surface area contributed by atoms with Gasteiger partial charge in [-0.05, 0) is 122 Å². The quantitative estimate of drug-likeness (QED) is 0.160. The highest BCUT2D eigenvalue weighted by atomic mass is 32.1. The molecule has 12 nitrogen and oxygen atoms in total. The van der Waals surface area contributed by atoms with Gasteiger partial charge in [-0.3, -0.25) is 43.7 Å². The molecule has 0 aromatic rings. The molecule has 0 unspecified atom stereocenters. The highest BCUT2D eigenvalue weighted by Gasteiger charge is 2.41. The number of carbonyl (C=O) groups excluding carboxylic acids is 4. The first-order valence-corrected chi connectivity index (χ1v) is 17.5. The first-order chi connectivity index (χ1) is 22.7. The van der Waals surface area contributed by atoms with E-state index in [1.807, 2.05) is 71.9 Å². The molecule has 0 N–H and O–H groups in total. The van der Waals surface area contributed by atoms with Gasteiger partial charge in [0.2, 0.25) is 6.41 Å². The Morgan fingerprint density at radius 1 is 0.646 bits per heavy atom. The second kappa shape index (κ2) is 19.2. The van der Waals surface area contributed by atoms with Crippen LogP contribution in [0.2, 0.25) is 0 Å². The number of amides is 4. The van der Waals surface area contributed by atoms with Crippen LogP contribution in [-0.4, -0.2) is 138 Å². The number of ether oxygens (including phenoxy) is 2. The van der Waals surface area contributed by atoms with E-state index in [0.717, 1.165) is 61.7 Å². The van der Waals surface area contributed by atoms with E-state index in [9.17, 15) is 19.2 Å². The fraction of sp³-hybridized carbons (Fsp3) is 0.647. The number of nitrogens with zero attached hydrogens (tertiary/aromatic N) is 6. The first-order valence-electron chi connectivity index (χ1n) is 16.7. The summed E-state index contributed by atoms with van der Waals surface area (Å²) in [6, 6.07) is 0. The lowest BCUT2D eigenvalue weighted by Gasteiger charge is -2.36. The van der Waals surface area contributed by atoms with Crippen LogP contribution in [-0.2, 0) is 28.7 Å². The molecule has 0 radical (unpaired) electrons. The first kappa shape index (κ1) is 41.1. The molecule has 2 saturated heterocycles. The zero-order valence-electron chi connectivity index (χ0n) is 30.4. The number of hydrogen-bond donors (Lipinski definition) is 0. The number of carbonyl (C=O) groups is 4. The molecule has 0 aromatic carbocycles. The van der Waals surface area contributed by atoms with E-state index >= 15 is 0 Å². The molecule has 268 valence electrons. The van der Waals surface area contributed by atoms with E-state index in [2.05, 4.69) is 0 Å². The summed E-state index contributed by atoms with van der Waals surface area (Å²) in [7, 11) is 10.9. The molecular weight excluding hydrogens is 653 g/mol. The molecule has 2 heterocycles. The Balaban J connectivity index is 0.000000277. The second-order valence-corrected chi connectivity index (χ2v) is 12.7. The van der Waals surface area contributed by atoms with Crippen LogP contribution in [0.3, 0.4) is 0 Å². The molecule has 0 bridgehead atoms. The molecule has 0 atom stereocenters. The zero-order chi connectivity index (χ0) is 36.3. The summed E-state index contributed by atoms with van der Waals surface area (Å²) in [4.78, 5) is 60.1. The molecule has 48 heavy (non-hydrogen) atoms. The average Bonchev–Trinajstić information content (AvgIpc) is 3.72. The summed E-state index contributed by atoms with van der Waals surface area (Å²) in [6.45, 7) is 9.49. The van der Waals surface area contributed by atoms with Gasteiger partial charge < -0.3 is 14.4 Å². The minimum Gasteiger partial charge on any atom is -0.383 e. The van der Waals surface area contributed by atoms with Crippen molar-refractivity contribution in [2.24, 2.45) is 0 Å². The Bertz CT molecular complexity index is 1270. The predicted octanol–water partition coefficient (Wildman–Crippen LogP) is 3.88. The average molecular weight is 707 g/mol. The summed E-state index contributed by atoms with van der Waals surface area (Å²) in [5.74, 6) is -0.893. The Kier molecular flexibility index (Phi) is 16.5. The van der Waals surface area contributed by atoms with Crippen molar-refractivity contribution < 1.29 is 28.7 Å². The van der Waals surface area contributed by atoms with Crippen molar-refractivity contribution in [2.45, 2.75) is 79.1 Å². The molecule has 14 heteroatoms. The Labute approximate surface area is 297 Å². The van der Waals surface area contributed by atoms with Gasteiger partial charge in [-0.25, -0.2) is 0 Å². The lowest BCUT2D eigenvalue weighted by atomic mass is 9.99. The highest BCUT2D eigenvalue weighted by Crippen LogP contribution is 2.36. The number of allylic oxidation sites excluding steroid dienone is 3. The van der Waals surface area contributed by atoms with Crippen molar-refractivity contribution in [3.05, 3.63) is 34.1 Å². The van der Waals surface area contributed by atoms with Crippen molar-refractivity contribution in [1.29, 1.82) is 0 Å². The van der Waals surface area contributed by atoms with Crippen LogP contribution in [0.5, 0.6) is 0 Å². The van der Waals surface area contributed by atoms with Crippen molar-refractivity contribution in [3.63, 3.8) is 0 Å². The van der Waals surface area contributed by atoms with Crippen LogP contribution in [0.4, 0.5) is 0 Å². The molecule has 4 fully saturated rings. The largest absolute Gasteiger partial charge is 0.383 e. The molecule has 2 aliphatic carbocycles. The van der Waals surface area contributed by atoms with Crippen LogP contribution in [0, 0.1) is 0 Å². The normalized spacial score (nSPS) is 19.7. The summed E-state index contributed by atoms with van der Waals surface area (Å²) < 4.78 is 9.73. The molecule has 2 saturated carbocycles. The van der Waals surface area contributed by atoms with Crippen molar-refractivity contribution >= 4 is 58.3 Å². The van der Waals surface area contributed by atoms with Crippen LogP contribution in [0.15, 0.2) is 34.1 Å². The standard InChI is InChI=1S/C16H23N3O2S.C13H18N2O2S.C5H13NO2/c1-5-18-14(20)13(15(21)19(6-2)16(18)22)12-9-7-8-11(12)10-17(3)4;1-3-14-11(16)10(9-7-5-6-8-9)12(17)15(4-2)13(14)18;1-6(2)5(7-3)8-4/h10H,5-9H2,1-4H3;3-8H2,1-2H3;5H,1-4H3/b11-10+;;. The molecule has 0 spiro atoms. The van der Waals surface area contributed by atoms with Gasteiger partial charge in [-0.1, -0.05) is 5.57 Å². The van der Waals surface area contributed by atoms with Gasteiger partial charge in [0.05, 0.1) is 0 Å². The lowest BCUT2D eigenvalue weighted by Crippen LogP contribution is -2.56. The van der Waals surface area contributed by atoms with Crippen LogP contribution < -0.4 is 0 Å². The van der Waals surface area contributed by atoms with Crippen LogP contribution in [0.25, 0.3) is 0 Å². The Morgan fingerprint density at radius 2 is 1.04 bits per heavy atom. The molecule has 0 aromatic heterocycles. The molecule has 4 amide bonds. The monoisotopic (exact) mass is 706 g/mol. The minimum atomic E-state index is -0.247. The SMILES string of the molecule is CCN1C(=O)C(=C2CCC/C2=C\N(C)C)C(=O)N(CC)C1=S.CCN1C(=O)C(=C2CCCC2)C(=O)N(CC)C1=S.COC(OC)N(C)C. The third kappa shape index (κ3) is 9.35. The van der Waals surface area contributed by atoms with Gasteiger partial charge in [0.25, 0.3) is 23.6 Å². The fourth-order valence-corrected chi connectivity index (χ4v) is 6.96. The van der Waals surface area contributed by atoms with Crippen molar-refractivity contribution in [1.82, 2.24) is 29.4 Å². The van der Waals surface area contributed by atoms with Gasteiger partial charge in [0.15, 0.2) is 10.2 Å². The topological polar surface area (TPSA) is 106 Å². The maximum absolute atomic E-state index is 12.7. The third-order valence-corrected chi connectivity index (χ3v) is 9.27. The maximum Gasteiger partial charge on any atom is 0.265 e. The smallest absolute Gasteiger partial charge is 0.265 e. The minimum absolute atomic E-state index is 0.200. The number of likely N-dealkylation sites (N-methyl/N-ethyl adjacent to an activating group) is 4. The Morgan fingerprint density at radius 3 is 1.35 bits per heavy atom. The Hall–Kier alpha value is -3.04. The summed E-state index contributed by atoms with van der Waals surface area (Å²) in [5.41, 5.74) is 3.68. The lowest BCUT2D eigenvalue weighted by molar-refractivity contribution is -0.179. The van der Waals surface area contributed by atoms with E-state index in [0.29, 0.717) is 47.6 Å². The van der Waals surface area contributed by atoms with E-state index in [-0.39, 0.29) is 30.0 Å². The van der Waals surface area contributed by atoms with Crippen molar-refractivity contribution in [3.8, 4) is 0 Å². The third-order valence-electron chi connectivity index (χ3n) is 8.39. The van der Waals surface area contributed by atoms with Crippen LogP contribution in [0.1, 0.15) is 72.6 Å². The number of thiocarbonyl (C=S) groups is 2. The number of methoxy groups -OCH3 is 2. The number of hydrogen-bond acceptors (Lipinski definition) is 10. The fourth-order valence-electron chi connectivity index (χ4n) is 6.11. The zero-order valence-corrected chi connectivity index (χ0v) is 32.0. The predicted molar refractivity (Wildman–Crippen MR) is 194 cm³/mol. The summed E-state index contributed by atoms with van der Waals surface area (Å²) in [6.07, 6.45) is 8.33. The molecule has 4 aliphatic rings.